The molecule has 3 heterocycles. The minimum atomic E-state index is -0.254. The molecule has 0 saturated carbocycles. The number of fused-ring (bicyclic) bond motifs is 1. The van der Waals surface area contributed by atoms with Gasteiger partial charge in [0, 0.05) is 17.2 Å². The lowest BCUT2D eigenvalue weighted by Gasteiger charge is -2.42. The van der Waals surface area contributed by atoms with Crippen molar-refractivity contribution in [3.63, 3.8) is 0 Å². The summed E-state index contributed by atoms with van der Waals surface area (Å²) in [5, 5.41) is 3.02. The van der Waals surface area contributed by atoms with Crippen molar-refractivity contribution in [3.8, 4) is 0 Å². The molecule has 3 aliphatic heterocycles. The number of hydrogen-bond acceptors (Lipinski definition) is 7. The van der Waals surface area contributed by atoms with Gasteiger partial charge < -0.3 is 10.1 Å². The zero-order chi connectivity index (χ0) is 11.7. The van der Waals surface area contributed by atoms with Crippen LogP contribution in [-0.4, -0.2) is 46.2 Å². The monoisotopic (exact) mass is 270 g/mol. The van der Waals surface area contributed by atoms with Gasteiger partial charge in [-0.25, -0.2) is 19.7 Å². The Labute approximate surface area is 107 Å². The van der Waals surface area contributed by atoms with Crippen LogP contribution in [0.4, 0.5) is 4.79 Å². The van der Waals surface area contributed by atoms with Gasteiger partial charge in [-0.2, -0.15) is 0 Å². The van der Waals surface area contributed by atoms with Crippen molar-refractivity contribution in [2.24, 2.45) is 9.98 Å². The Morgan fingerprint density at radius 2 is 2.65 bits per heavy atom. The molecule has 3 aliphatic rings. The van der Waals surface area contributed by atoms with Crippen LogP contribution in [0.15, 0.2) is 21.8 Å². The van der Waals surface area contributed by atoms with Crippen LogP contribution >= 0.6 is 23.5 Å². The summed E-state index contributed by atoms with van der Waals surface area (Å²) in [5.74, 6) is 1.61. The molecule has 1 N–H and O–H groups in total. The molecular weight excluding hydrogens is 260 g/mol. The lowest BCUT2D eigenvalue weighted by Crippen LogP contribution is -2.53. The van der Waals surface area contributed by atoms with E-state index in [0.717, 1.165) is 17.2 Å². The Bertz CT molecular complexity index is 423. The van der Waals surface area contributed by atoms with Crippen LogP contribution in [0.2, 0.25) is 0 Å². The van der Waals surface area contributed by atoms with Crippen LogP contribution in [0.1, 0.15) is 0 Å². The van der Waals surface area contributed by atoms with Gasteiger partial charge in [0.05, 0.1) is 6.34 Å². The molecule has 1 amide bonds. The van der Waals surface area contributed by atoms with Gasteiger partial charge in [0.1, 0.15) is 6.34 Å². The quantitative estimate of drug-likeness (QED) is 0.829. The van der Waals surface area contributed by atoms with Gasteiger partial charge in [0.25, 0.3) is 0 Å². The summed E-state index contributed by atoms with van der Waals surface area (Å²) in [6.45, 7) is 0. The minimum absolute atomic E-state index is 0.0290. The molecule has 0 aromatic carbocycles. The molecule has 0 bridgehead atoms. The SMILES string of the molecule is O=C1O[C@@H]2SCC=C(CSC3N=CN=CN3)N12. The summed E-state index contributed by atoms with van der Waals surface area (Å²) in [6, 6.07) is 0. The number of nitrogens with zero attached hydrogens (tertiary/aromatic N) is 3. The number of rotatable bonds is 3. The predicted octanol–water partition coefficient (Wildman–Crippen LogP) is 1.03. The van der Waals surface area contributed by atoms with E-state index in [-0.39, 0.29) is 17.2 Å². The topological polar surface area (TPSA) is 66.3 Å². The molecule has 3 rings (SSSR count). The molecule has 0 spiro atoms. The van der Waals surface area contributed by atoms with E-state index in [1.54, 1.807) is 34.8 Å². The maximum Gasteiger partial charge on any atom is 0.420 e. The van der Waals surface area contributed by atoms with Crippen LogP contribution in [0.5, 0.6) is 0 Å². The molecule has 8 heteroatoms. The van der Waals surface area contributed by atoms with E-state index in [1.807, 2.05) is 0 Å². The van der Waals surface area contributed by atoms with Crippen molar-refractivity contribution in [1.82, 2.24) is 10.2 Å². The van der Waals surface area contributed by atoms with Crippen molar-refractivity contribution in [2.75, 3.05) is 11.5 Å². The van der Waals surface area contributed by atoms with Crippen molar-refractivity contribution >= 4 is 42.3 Å². The average molecular weight is 270 g/mol. The van der Waals surface area contributed by atoms with Crippen molar-refractivity contribution in [1.29, 1.82) is 0 Å². The van der Waals surface area contributed by atoms with Crippen LogP contribution in [0, 0.1) is 0 Å². The van der Waals surface area contributed by atoms with E-state index in [4.69, 9.17) is 4.74 Å². The number of ether oxygens (including phenoxy) is 1. The van der Waals surface area contributed by atoms with Gasteiger partial charge in [0.15, 0.2) is 5.50 Å². The number of amides is 1. The van der Waals surface area contributed by atoms with Gasteiger partial charge in [0.2, 0.25) is 5.56 Å². The van der Waals surface area contributed by atoms with E-state index >= 15 is 0 Å². The van der Waals surface area contributed by atoms with Crippen LogP contribution in [-0.2, 0) is 4.74 Å². The zero-order valence-electron chi connectivity index (χ0n) is 8.78. The normalized spacial score (nSPS) is 30.0. The Balaban J connectivity index is 1.57. The molecule has 6 nitrogen and oxygen atoms in total. The standard InChI is InChI=1S/C9H10N4O2S2/c14-8-13-6(1-2-16-9(13)15-8)3-17-7-11-4-10-5-12-7/h1,4-5,7,9H,2-3H2,(H,10,11,12)/t9-/m1/s1. The first-order valence-corrected chi connectivity index (χ1v) is 7.16. The lowest BCUT2D eigenvalue weighted by atomic mass is 10.4. The summed E-state index contributed by atoms with van der Waals surface area (Å²) >= 11 is 3.23. The van der Waals surface area contributed by atoms with Crippen molar-refractivity contribution < 1.29 is 9.53 Å². The Kier molecular flexibility index (Phi) is 2.98. The highest BCUT2D eigenvalue weighted by Crippen LogP contribution is 2.36. The third-order valence-corrected chi connectivity index (χ3v) is 4.41. The maximum atomic E-state index is 11.3. The average Bonchev–Trinajstić information content (AvgIpc) is 2.36. The Morgan fingerprint density at radius 1 is 1.71 bits per heavy atom. The molecular formula is C9H10N4O2S2. The fourth-order valence-corrected chi connectivity index (χ4v) is 3.44. The van der Waals surface area contributed by atoms with E-state index in [1.165, 1.54) is 6.34 Å². The van der Waals surface area contributed by atoms with Gasteiger partial charge >= 0.3 is 6.09 Å². The molecule has 90 valence electrons. The highest BCUT2D eigenvalue weighted by atomic mass is 32.2. The number of nitrogens with one attached hydrogen (secondary N) is 1. The van der Waals surface area contributed by atoms with Crippen LogP contribution < -0.4 is 5.32 Å². The third kappa shape index (κ3) is 2.14. The van der Waals surface area contributed by atoms with Gasteiger partial charge in [-0.3, -0.25) is 0 Å². The van der Waals surface area contributed by atoms with E-state index < -0.39 is 0 Å². The lowest BCUT2D eigenvalue weighted by molar-refractivity contribution is -0.0250. The molecule has 0 aromatic heterocycles. The molecule has 1 saturated heterocycles. The minimum Gasteiger partial charge on any atom is -0.415 e. The molecule has 2 atom stereocenters. The number of thioether (sulfide) groups is 2. The highest BCUT2D eigenvalue weighted by molar-refractivity contribution is 8.00. The van der Waals surface area contributed by atoms with Gasteiger partial charge in [-0.1, -0.05) is 17.8 Å². The largest absolute Gasteiger partial charge is 0.420 e. The molecule has 0 aliphatic carbocycles. The van der Waals surface area contributed by atoms with E-state index in [9.17, 15) is 4.79 Å². The second-order valence-electron chi connectivity index (χ2n) is 3.46. The van der Waals surface area contributed by atoms with Gasteiger partial charge in [-0.15, -0.1) is 11.8 Å². The first-order chi connectivity index (χ1) is 8.34. The van der Waals surface area contributed by atoms with E-state index in [2.05, 4.69) is 21.4 Å². The fourth-order valence-electron chi connectivity index (χ4n) is 1.58. The molecule has 1 fully saturated rings. The van der Waals surface area contributed by atoms with Crippen molar-refractivity contribution in [2.45, 2.75) is 11.1 Å². The fraction of sp³-hybridized carbons (Fsp3) is 0.444. The summed E-state index contributed by atoms with van der Waals surface area (Å²) < 4.78 is 5.00. The summed E-state index contributed by atoms with van der Waals surface area (Å²) in [5.41, 5.74) is 0.862. The Hall–Kier alpha value is -1.15. The van der Waals surface area contributed by atoms with Crippen LogP contribution in [0.3, 0.4) is 0 Å². The first-order valence-electron chi connectivity index (χ1n) is 5.06. The smallest absolute Gasteiger partial charge is 0.415 e. The predicted molar refractivity (Wildman–Crippen MR) is 69.0 cm³/mol. The maximum absolute atomic E-state index is 11.3. The molecule has 0 radical (unpaired) electrons. The zero-order valence-corrected chi connectivity index (χ0v) is 10.4. The van der Waals surface area contributed by atoms with Crippen LogP contribution in [0.25, 0.3) is 0 Å². The first kappa shape index (κ1) is 11.0. The third-order valence-electron chi connectivity index (χ3n) is 2.43. The second kappa shape index (κ2) is 4.61. The summed E-state index contributed by atoms with van der Waals surface area (Å²) in [6.07, 6.45) is 4.96. The summed E-state index contributed by atoms with van der Waals surface area (Å²) in [7, 11) is 0. The number of aliphatic imine (C=N–C) groups is 2. The molecule has 1 unspecified atom stereocenters. The van der Waals surface area contributed by atoms with Crippen molar-refractivity contribution in [3.05, 3.63) is 11.8 Å². The molecule has 0 aromatic rings. The summed E-state index contributed by atoms with van der Waals surface area (Å²) in [4.78, 5) is 21.0. The number of carbonyl (C=O) groups excluding carboxylic acids is 1. The van der Waals surface area contributed by atoms with Gasteiger partial charge in [-0.05, 0) is 0 Å². The molecule has 17 heavy (non-hydrogen) atoms. The number of hydrogen-bond donors (Lipinski definition) is 1. The number of carbonyl (C=O) groups is 1. The highest BCUT2D eigenvalue weighted by Gasteiger charge is 2.42. The van der Waals surface area contributed by atoms with E-state index in [0.29, 0.717) is 0 Å². The Morgan fingerprint density at radius 3 is 3.41 bits per heavy atom. The second-order valence-corrected chi connectivity index (χ2v) is 5.60.